The van der Waals surface area contributed by atoms with E-state index in [0.717, 1.165) is 0 Å². The van der Waals surface area contributed by atoms with Crippen molar-refractivity contribution in [1.82, 2.24) is 5.32 Å². The molecule has 20 heavy (non-hydrogen) atoms. The molecule has 108 valence electrons. The highest BCUT2D eigenvalue weighted by molar-refractivity contribution is 5.91. The van der Waals surface area contributed by atoms with Gasteiger partial charge in [0.2, 0.25) is 5.91 Å². The third-order valence-electron chi connectivity index (χ3n) is 3.74. The minimum Gasteiger partial charge on any atom is -0.497 e. The summed E-state index contributed by atoms with van der Waals surface area (Å²) in [5.74, 6) is -0.227. The van der Waals surface area contributed by atoms with Crippen LogP contribution in [-0.2, 0) is 15.0 Å². The van der Waals surface area contributed by atoms with Crippen molar-refractivity contribution < 1.29 is 24.2 Å². The molecule has 6 nitrogen and oxygen atoms in total. The molecule has 1 amide bonds. The van der Waals surface area contributed by atoms with Gasteiger partial charge in [-0.3, -0.25) is 4.79 Å². The van der Waals surface area contributed by atoms with E-state index in [1.807, 2.05) is 0 Å². The Balaban J connectivity index is 2.57. The topological polar surface area (TPSA) is 84.9 Å². The SMILES string of the molecule is COc1ccc(OC)c(C2(C)CC(=O)NC2C(=O)O)c1. The Labute approximate surface area is 116 Å². The molecule has 6 heteroatoms. The summed E-state index contributed by atoms with van der Waals surface area (Å²) < 4.78 is 10.5. The summed E-state index contributed by atoms with van der Waals surface area (Å²) in [6.07, 6.45) is 0.0908. The molecule has 0 spiro atoms. The number of carbonyl (C=O) groups excluding carboxylic acids is 1. The van der Waals surface area contributed by atoms with Crippen molar-refractivity contribution in [2.24, 2.45) is 0 Å². The van der Waals surface area contributed by atoms with Crippen molar-refractivity contribution >= 4 is 11.9 Å². The molecule has 2 atom stereocenters. The number of carboxylic acids is 1. The molecule has 2 N–H and O–H groups in total. The van der Waals surface area contributed by atoms with Gasteiger partial charge < -0.3 is 19.9 Å². The summed E-state index contributed by atoms with van der Waals surface area (Å²) in [6.45, 7) is 1.74. The molecule has 1 saturated heterocycles. The number of rotatable bonds is 4. The Morgan fingerprint density at radius 3 is 2.65 bits per heavy atom. The van der Waals surface area contributed by atoms with Gasteiger partial charge in [-0.1, -0.05) is 6.92 Å². The van der Waals surface area contributed by atoms with Crippen LogP contribution in [0.4, 0.5) is 0 Å². The van der Waals surface area contributed by atoms with Crippen molar-refractivity contribution in [3.05, 3.63) is 23.8 Å². The number of ether oxygens (including phenoxy) is 2. The standard InChI is InChI=1S/C14H17NO5/c1-14(7-11(16)15-12(14)13(17)18)9-6-8(19-2)4-5-10(9)20-3/h4-6,12H,7H2,1-3H3,(H,15,16)(H,17,18). The number of benzene rings is 1. The van der Waals surface area contributed by atoms with E-state index < -0.39 is 17.4 Å². The van der Waals surface area contributed by atoms with E-state index in [2.05, 4.69) is 5.32 Å². The predicted octanol–water partition coefficient (Wildman–Crippen LogP) is 0.935. The van der Waals surface area contributed by atoms with Gasteiger partial charge in [0, 0.05) is 17.4 Å². The van der Waals surface area contributed by atoms with Crippen LogP contribution < -0.4 is 14.8 Å². The second kappa shape index (κ2) is 5.03. The van der Waals surface area contributed by atoms with E-state index in [1.165, 1.54) is 14.2 Å². The minimum atomic E-state index is -1.07. The molecule has 1 fully saturated rings. The quantitative estimate of drug-likeness (QED) is 0.856. The summed E-state index contributed by atoms with van der Waals surface area (Å²) in [5, 5.41) is 11.8. The summed E-state index contributed by atoms with van der Waals surface area (Å²) in [4.78, 5) is 23.1. The maximum absolute atomic E-state index is 11.7. The van der Waals surface area contributed by atoms with E-state index in [-0.39, 0.29) is 12.3 Å². The fourth-order valence-corrected chi connectivity index (χ4v) is 2.65. The highest BCUT2D eigenvalue weighted by Crippen LogP contribution is 2.42. The molecule has 1 aliphatic rings. The number of hydrogen-bond donors (Lipinski definition) is 2. The first-order chi connectivity index (χ1) is 9.42. The summed E-state index contributed by atoms with van der Waals surface area (Å²) in [5.41, 5.74) is -0.242. The zero-order valence-electron chi connectivity index (χ0n) is 11.6. The molecule has 1 heterocycles. The average Bonchev–Trinajstić information content (AvgIpc) is 2.74. The van der Waals surface area contributed by atoms with Gasteiger partial charge in [0.15, 0.2) is 0 Å². The molecule has 0 aromatic heterocycles. The van der Waals surface area contributed by atoms with E-state index in [9.17, 15) is 14.7 Å². The third-order valence-corrected chi connectivity index (χ3v) is 3.74. The maximum Gasteiger partial charge on any atom is 0.327 e. The summed E-state index contributed by atoms with van der Waals surface area (Å²) in [6, 6.07) is 4.16. The van der Waals surface area contributed by atoms with Gasteiger partial charge in [-0.2, -0.15) is 0 Å². The molecule has 0 aliphatic carbocycles. The molecule has 1 aromatic rings. The molecule has 0 saturated carbocycles. The average molecular weight is 279 g/mol. The lowest BCUT2D eigenvalue weighted by molar-refractivity contribution is -0.141. The van der Waals surface area contributed by atoms with Crippen LogP contribution >= 0.6 is 0 Å². The van der Waals surface area contributed by atoms with E-state index in [4.69, 9.17) is 9.47 Å². The van der Waals surface area contributed by atoms with Crippen LogP contribution in [0.2, 0.25) is 0 Å². The number of aliphatic carboxylic acids is 1. The Bertz CT molecular complexity index is 556. The van der Waals surface area contributed by atoms with Gasteiger partial charge in [0.05, 0.1) is 14.2 Å². The van der Waals surface area contributed by atoms with Gasteiger partial charge in [-0.25, -0.2) is 4.79 Å². The van der Waals surface area contributed by atoms with Crippen LogP contribution in [0, 0.1) is 0 Å². The van der Waals surface area contributed by atoms with Crippen LogP contribution in [0.1, 0.15) is 18.9 Å². The van der Waals surface area contributed by atoms with Crippen LogP contribution in [0.3, 0.4) is 0 Å². The molecule has 2 unspecified atom stereocenters. The normalized spacial score (nSPS) is 25.1. The van der Waals surface area contributed by atoms with Crippen LogP contribution in [0.25, 0.3) is 0 Å². The van der Waals surface area contributed by atoms with E-state index in [1.54, 1.807) is 25.1 Å². The predicted molar refractivity (Wildman–Crippen MR) is 71.1 cm³/mol. The minimum absolute atomic E-state index is 0.0908. The Morgan fingerprint density at radius 2 is 2.10 bits per heavy atom. The number of methoxy groups -OCH3 is 2. The van der Waals surface area contributed by atoms with Crippen LogP contribution in [-0.4, -0.2) is 37.2 Å². The van der Waals surface area contributed by atoms with Gasteiger partial charge in [0.25, 0.3) is 0 Å². The lowest BCUT2D eigenvalue weighted by Gasteiger charge is -2.29. The molecule has 0 bridgehead atoms. The number of carboxylic acid groups (broad SMARTS) is 1. The van der Waals surface area contributed by atoms with Crippen molar-refractivity contribution in [3.8, 4) is 11.5 Å². The van der Waals surface area contributed by atoms with Crippen LogP contribution in [0.15, 0.2) is 18.2 Å². The fourth-order valence-electron chi connectivity index (χ4n) is 2.65. The largest absolute Gasteiger partial charge is 0.497 e. The third kappa shape index (κ3) is 2.17. The molecule has 2 rings (SSSR count). The van der Waals surface area contributed by atoms with Crippen LogP contribution in [0.5, 0.6) is 11.5 Å². The van der Waals surface area contributed by atoms with Gasteiger partial charge in [0.1, 0.15) is 17.5 Å². The molecular formula is C14H17NO5. The Hall–Kier alpha value is -2.24. The van der Waals surface area contributed by atoms with Gasteiger partial charge in [-0.15, -0.1) is 0 Å². The van der Waals surface area contributed by atoms with Crippen molar-refractivity contribution in [1.29, 1.82) is 0 Å². The number of carbonyl (C=O) groups is 2. The molecule has 0 radical (unpaired) electrons. The zero-order valence-corrected chi connectivity index (χ0v) is 11.6. The lowest BCUT2D eigenvalue weighted by atomic mass is 9.75. The molecule has 1 aromatic carbocycles. The Kier molecular flexibility index (Phi) is 3.57. The van der Waals surface area contributed by atoms with E-state index in [0.29, 0.717) is 17.1 Å². The Morgan fingerprint density at radius 1 is 1.40 bits per heavy atom. The zero-order chi connectivity index (χ0) is 14.9. The summed E-state index contributed by atoms with van der Waals surface area (Å²) in [7, 11) is 3.04. The lowest BCUT2D eigenvalue weighted by Crippen LogP contribution is -2.44. The first-order valence-electron chi connectivity index (χ1n) is 6.17. The first kappa shape index (κ1) is 14.2. The number of amides is 1. The summed E-state index contributed by atoms with van der Waals surface area (Å²) >= 11 is 0. The molecule has 1 aliphatic heterocycles. The second-order valence-corrected chi connectivity index (χ2v) is 5.00. The van der Waals surface area contributed by atoms with E-state index >= 15 is 0 Å². The number of hydrogen-bond acceptors (Lipinski definition) is 4. The van der Waals surface area contributed by atoms with Crippen molar-refractivity contribution in [3.63, 3.8) is 0 Å². The number of nitrogens with one attached hydrogen (secondary N) is 1. The highest BCUT2D eigenvalue weighted by Gasteiger charge is 2.50. The smallest absolute Gasteiger partial charge is 0.327 e. The van der Waals surface area contributed by atoms with Crippen molar-refractivity contribution in [2.75, 3.05) is 14.2 Å². The first-order valence-corrected chi connectivity index (χ1v) is 6.17. The second-order valence-electron chi connectivity index (χ2n) is 5.00. The van der Waals surface area contributed by atoms with Gasteiger partial charge in [-0.05, 0) is 18.2 Å². The highest BCUT2D eigenvalue weighted by atomic mass is 16.5. The molecular weight excluding hydrogens is 262 g/mol. The monoisotopic (exact) mass is 279 g/mol. The fraction of sp³-hybridized carbons (Fsp3) is 0.429. The maximum atomic E-state index is 11.7. The van der Waals surface area contributed by atoms with Gasteiger partial charge >= 0.3 is 5.97 Å². The van der Waals surface area contributed by atoms with Crippen molar-refractivity contribution in [2.45, 2.75) is 24.8 Å².